The Hall–Kier alpha value is -1.40. The number of allylic oxidation sites excluding steroid dienone is 1. The zero-order valence-electron chi connectivity index (χ0n) is 15.0. The second-order valence-corrected chi connectivity index (χ2v) is 6.15. The third-order valence-electron chi connectivity index (χ3n) is 3.44. The third kappa shape index (κ3) is 9.36. The lowest BCUT2D eigenvalue weighted by Gasteiger charge is -2.25. The van der Waals surface area contributed by atoms with Gasteiger partial charge in [0, 0.05) is 20.0 Å². The lowest BCUT2D eigenvalue weighted by Crippen LogP contribution is -2.42. The number of amides is 1. The number of hydrogen-bond donors (Lipinski definition) is 2. The normalized spacial score (nSPS) is 22.7. The van der Waals surface area contributed by atoms with Gasteiger partial charge >= 0.3 is 5.97 Å². The summed E-state index contributed by atoms with van der Waals surface area (Å²) in [6, 6.07) is -0.218. The summed E-state index contributed by atoms with van der Waals surface area (Å²) in [5.74, 6) is -0.121. The molecule has 1 amide bonds. The van der Waals surface area contributed by atoms with E-state index in [9.17, 15) is 14.7 Å². The fourth-order valence-corrected chi connectivity index (χ4v) is 2.51. The van der Waals surface area contributed by atoms with Crippen molar-refractivity contribution in [1.82, 2.24) is 4.90 Å². The van der Waals surface area contributed by atoms with Crippen LogP contribution in [0.25, 0.3) is 0 Å². The molecule has 6 heteroatoms. The zero-order chi connectivity index (χ0) is 18.0. The number of esters is 1. The van der Waals surface area contributed by atoms with Crippen molar-refractivity contribution < 1.29 is 19.4 Å². The number of carbonyl (C=O) groups excluding carboxylic acids is 2. The molecule has 3 N–H and O–H groups in total. The van der Waals surface area contributed by atoms with Gasteiger partial charge in [-0.25, -0.2) is 0 Å². The van der Waals surface area contributed by atoms with Gasteiger partial charge in [-0.3, -0.25) is 14.5 Å². The lowest BCUT2D eigenvalue weighted by atomic mass is 10.1. The molecule has 1 fully saturated rings. The number of nitrogens with zero attached hydrogens (tertiary/aromatic N) is 1. The summed E-state index contributed by atoms with van der Waals surface area (Å²) in [5, 5.41) is 9.80. The highest BCUT2D eigenvalue weighted by Crippen LogP contribution is 2.26. The summed E-state index contributed by atoms with van der Waals surface area (Å²) in [7, 11) is 0. The van der Waals surface area contributed by atoms with Crippen molar-refractivity contribution in [3.8, 4) is 0 Å². The lowest BCUT2D eigenvalue weighted by molar-refractivity contribution is -0.153. The van der Waals surface area contributed by atoms with Crippen LogP contribution in [0, 0.1) is 5.92 Å². The van der Waals surface area contributed by atoms with Crippen molar-refractivity contribution in [3.05, 3.63) is 12.2 Å². The molecule has 134 valence electrons. The number of aliphatic hydroxyl groups excluding tert-OH is 1. The van der Waals surface area contributed by atoms with Crippen molar-refractivity contribution >= 4 is 11.9 Å². The molecule has 0 aromatic heterocycles. The molecule has 0 aromatic carbocycles. The van der Waals surface area contributed by atoms with Gasteiger partial charge in [0.15, 0.2) is 0 Å². The molecule has 1 saturated heterocycles. The first-order valence-electron chi connectivity index (χ1n) is 8.22. The number of ether oxygens (including phenoxy) is 1. The summed E-state index contributed by atoms with van der Waals surface area (Å²) in [4.78, 5) is 23.4. The highest BCUT2D eigenvalue weighted by atomic mass is 16.5. The molecule has 0 spiro atoms. The molecule has 0 aromatic rings. The van der Waals surface area contributed by atoms with E-state index >= 15 is 0 Å². The van der Waals surface area contributed by atoms with Crippen LogP contribution in [0.4, 0.5) is 0 Å². The Morgan fingerprint density at radius 2 is 2.00 bits per heavy atom. The maximum absolute atomic E-state index is 12.1. The Bertz CT molecular complexity index is 392. The Balaban J connectivity index is 0.00000108. The van der Waals surface area contributed by atoms with Crippen LogP contribution in [0.1, 0.15) is 47.5 Å². The first-order chi connectivity index (χ1) is 10.7. The highest BCUT2D eigenvalue weighted by Gasteiger charge is 2.37. The molecule has 1 unspecified atom stereocenters. The van der Waals surface area contributed by atoms with E-state index in [4.69, 9.17) is 4.74 Å². The number of likely N-dealkylation sites (tertiary alicyclic amines) is 1. The number of nitrogens with two attached hydrogens (primary N) is 1. The van der Waals surface area contributed by atoms with Gasteiger partial charge in [0.05, 0.1) is 12.2 Å². The average Bonchev–Trinajstić information content (AvgIpc) is 2.80. The van der Waals surface area contributed by atoms with Crippen LogP contribution < -0.4 is 5.73 Å². The fourth-order valence-electron chi connectivity index (χ4n) is 2.51. The van der Waals surface area contributed by atoms with Gasteiger partial charge in [0.25, 0.3) is 0 Å². The Morgan fingerprint density at radius 3 is 2.43 bits per heavy atom. The molecule has 23 heavy (non-hydrogen) atoms. The van der Waals surface area contributed by atoms with E-state index in [-0.39, 0.29) is 30.1 Å². The molecule has 0 saturated carbocycles. The minimum atomic E-state index is -0.376. The standard InChI is InChI=1S/C15H27NO3.C2H5NO/c1-5-7-12-8-14(15(18)19-11(3)4)16(9-12)10-13(17)6-2;1-2(3)4/h5,7,11-14,17H,6,8-10H2,1-4H3;1H3,(H2,3,4)/t12-,13?,14-;/m1./s1. The van der Waals surface area contributed by atoms with Gasteiger partial charge in [0.2, 0.25) is 5.91 Å². The van der Waals surface area contributed by atoms with Crippen LogP contribution in [0.15, 0.2) is 12.2 Å². The molecule has 0 radical (unpaired) electrons. The van der Waals surface area contributed by atoms with Crippen molar-refractivity contribution in [2.45, 2.75) is 65.7 Å². The van der Waals surface area contributed by atoms with Crippen LogP contribution in [-0.4, -0.2) is 53.2 Å². The van der Waals surface area contributed by atoms with Gasteiger partial charge in [-0.15, -0.1) is 0 Å². The molecule has 1 aliphatic heterocycles. The van der Waals surface area contributed by atoms with Gasteiger partial charge in [-0.05, 0) is 39.5 Å². The maximum atomic E-state index is 12.1. The summed E-state index contributed by atoms with van der Waals surface area (Å²) >= 11 is 0. The highest BCUT2D eigenvalue weighted by molar-refractivity contribution is 5.76. The molecule has 3 atom stereocenters. The average molecular weight is 328 g/mol. The first kappa shape index (κ1) is 21.6. The molecule has 0 aliphatic carbocycles. The quantitative estimate of drug-likeness (QED) is 0.569. The molecular formula is C17H32N2O4. The summed E-state index contributed by atoms with van der Waals surface area (Å²) in [6.07, 6.45) is 5.18. The monoisotopic (exact) mass is 328 g/mol. The van der Waals surface area contributed by atoms with Gasteiger partial charge in [-0.1, -0.05) is 19.1 Å². The van der Waals surface area contributed by atoms with Crippen molar-refractivity contribution in [1.29, 1.82) is 0 Å². The predicted molar refractivity (Wildman–Crippen MR) is 90.7 cm³/mol. The smallest absolute Gasteiger partial charge is 0.323 e. The van der Waals surface area contributed by atoms with Crippen molar-refractivity contribution in [2.75, 3.05) is 13.1 Å². The molecular weight excluding hydrogens is 296 g/mol. The number of primary amides is 1. The minimum Gasteiger partial charge on any atom is -0.462 e. The Morgan fingerprint density at radius 1 is 1.43 bits per heavy atom. The summed E-state index contributed by atoms with van der Waals surface area (Å²) in [5.41, 5.74) is 4.47. The first-order valence-corrected chi connectivity index (χ1v) is 8.22. The van der Waals surface area contributed by atoms with Crippen molar-refractivity contribution in [2.24, 2.45) is 11.7 Å². The van der Waals surface area contributed by atoms with E-state index in [0.29, 0.717) is 18.9 Å². The van der Waals surface area contributed by atoms with E-state index in [0.717, 1.165) is 13.0 Å². The Labute approximate surface area is 139 Å². The Kier molecular flexibility index (Phi) is 10.5. The van der Waals surface area contributed by atoms with Crippen molar-refractivity contribution in [3.63, 3.8) is 0 Å². The largest absolute Gasteiger partial charge is 0.462 e. The van der Waals surface area contributed by atoms with Crippen LogP contribution in [0.2, 0.25) is 0 Å². The number of hydrogen-bond acceptors (Lipinski definition) is 5. The second kappa shape index (κ2) is 11.2. The van der Waals surface area contributed by atoms with Crippen LogP contribution in [0.5, 0.6) is 0 Å². The molecule has 1 aliphatic rings. The topological polar surface area (TPSA) is 92.9 Å². The molecule has 1 heterocycles. The minimum absolute atomic E-state index is 0.0915. The number of rotatable bonds is 6. The number of aliphatic hydroxyl groups is 1. The second-order valence-electron chi connectivity index (χ2n) is 6.15. The van der Waals surface area contributed by atoms with Gasteiger partial charge < -0.3 is 15.6 Å². The number of β-amino-alcohol motifs (C(OH)–C–C–N with tert-alkyl or cyclic N) is 1. The molecule has 6 nitrogen and oxygen atoms in total. The van der Waals surface area contributed by atoms with Crippen LogP contribution >= 0.6 is 0 Å². The van der Waals surface area contributed by atoms with Gasteiger partial charge in [-0.2, -0.15) is 0 Å². The van der Waals surface area contributed by atoms with Crippen LogP contribution in [0.3, 0.4) is 0 Å². The maximum Gasteiger partial charge on any atom is 0.323 e. The molecule has 0 bridgehead atoms. The fraction of sp³-hybridized carbons (Fsp3) is 0.765. The summed E-state index contributed by atoms with van der Waals surface area (Å²) < 4.78 is 5.32. The predicted octanol–water partition coefficient (Wildman–Crippen LogP) is 1.47. The SMILES string of the molecule is CC(N)=O.CC=C[C@@H]1C[C@H](C(=O)OC(C)C)N(CC(O)CC)C1. The zero-order valence-corrected chi connectivity index (χ0v) is 15.0. The summed E-state index contributed by atoms with van der Waals surface area (Å²) in [6.45, 7) is 10.3. The molecule has 1 rings (SSSR count). The van der Waals surface area contributed by atoms with E-state index in [2.05, 4.69) is 16.7 Å². The van der Waals surface area contributed by atoms with E-state index in [1.807, 2.05) is 33.8 Å². The van der Waals surface area contributed by atoms with E-state index in [1.54, 1.807) is 0 Å². The number of carbonyl (C=O) groups is 2. The third-order valence-corrected chi connectivity index (χ3v) is 3.44. The van der Waals surface area contributed by atoms with E-state index < -0.39 is 0 Å². The van der Waals surface area contributed by atoms with Gasteiger partial charge in [0.1, 0.15) is 6.04 Å². The van der Waals surface area contributed by atoms with Crippen LogP contribution in [-0.2, 0) is 14.3 Å². The van der Waals surface area contributed by atoms with E-state index in [1.165, 1.54) is 6.92 Å².